The number of halogens is 1. The average molecular weight is 1240 g/mol. The zero-order chi connectivity index (χ0) is 59.1. The van der Waals surface area contributed by atoms with Gasteiger partial charge < -0.3 is 57.4 Å². The number of thiazole rings is 5. The molecule has 6 amide bonds. The Kier molecular flexibility index (Phi) is 16.5. The number of cyclic esters (lactones) is 1. The van der Waals surface area contributed by atoms with E-state index in [1.807, 2.05) is 0 Å². The van der Waals surface area contributed by atoms with Gasteiger partial charge in [0.1, 0.15) is 89.1 Å². The monoisotopic (exact) mass is 1240 g/mol. The number of thioether (sulfide) groups is 1. The molecule has 9 heterocycles. The lowest BCUT2D eigenvalue weighted by molar-refractivity contribution is -0.155. The summed E-state index contributed by atoms with van der Waals surface area (Å²) >= 11 is 5.49. The van der Waals surface area contributed by atoms with Crippen LogP contribution < -0.4 is 32.3 Å². The molecule has 32 heteroatoms. The molecule has 426 valence electrons. The van der Waals surface area contributed by atoms with Crippen molar-refractivity contribution in [1.82, 2.24) is 61.5 Å². The summed E-state index contributed by atoms with van der Waals surface area (Å²) < 4.78 is 21.2. The van der Waals surface area contributed by atoms with Crippen molar-refractivity contribution in [1.29, 1.82) is 0 Å². The zero-order valence-electron chi connectivity index (χ0n) is 43.0. The van der Waals surface area contributed by atoms with Crippen molar-refractivity contribution in [2.45, 2.75) is 64.1 Å². The van der Waals surface area contributed by atoms with Gasteiger partial charge in [-0.2, -0.15) is 0 Å². The fourth-order valence-electron chi connectivity index (χ4n) is 8.46. The Balaban J connectivity index is 1.12. The van der Waals surface area contributed by atoms with E-state index < -0.39 is 107 Å². The second-order valence-electron chi connectivity index (χ2n) is 18.3. The second kappa shape index (κ2) is 23.8. The Hall–Kier alpha value is -8.50. The van der Waals surface area contributed by atoms with Gasteiger partial charge in [0, 0.05) is 61.1 Å². The fraction of sp³-hybridized carbons (Fsp3) is 0.216. The highest BCUT2D eigenvalue weighted by Gasteiger charge is 2.34. The number of nitrogens with one attached hydrogen (secondary N) is 6. The summed E-state index contributed by atoms with van der Waals surface area (Å²) in [6.07, 6.45) is -2.55. The lowest BCUT2D eigenvalue weighted by Gasteiger charge is -2.21. The largest absolute Gasteiger partial charge is 0.506 e. The maximum absolute atomic E-state index is 15.7. The Morgan fingerprint density at radius 2 is 1.46 bits per heavy atom. The quantitative estimate of drug-likeness (QED) is 0.0798. The number of fused-ring (bicyclic) bond motifs is 13. The van der Waals surface area contributed by atoms with Gasteiger partial charge in [-0.1, -0.05) is 24.4 Å². The molecule has 0 radical (unpaired) electrons. The van der Waals surface area contributed by atoms with Crippen molar-refractivity contribution in [3.8, 4) is 38.4 Å². The third-order valence-electron chi connectivity index (χ3n) is 12.7. The lowest BCUT2D eigenvalue weighted by atomic mass is 10.1. The number of aromatic amines is 1. The molecule has 0 aliphatic carbocycles. The van der Waals surface area contributed by atoms with Crippen molar-refractivity contribution >= 4 is 132 Å². The van der Waals surface area contributed by atoms with Crippen molar-refractivity contribution in [2.75, 3.05) is 5.75 Å². The number of aliphatic hydroxyl groups excluding tert-OH is 2. The minimum Gasteiger partial charge on any atom is -0.506 e. The molecule has 2 aliphatic rings. The number of carbonyl (C=O) groups excluding carboxylic acids is 8. The van der Waals surface area contributed by atoms with Gasteiger partial charge in [0.2, 0.25) is 11.0 Å². The van der Waals surface area contributed by atoms with Crippen LogP contribution in [0, 0.1) is 12.7 Å². The van der Waals surface area contributed by atoms with Gasteiger partial charge >= 0.3 is 5.97 Å². The van der Waals surface area contributed by atoms with Gasteiger partial charge in [-0.25, -0.2) is 39.1 Å². The Morgan fingerprint density at radius 1 is 0.831 bits per heavy atom. The number of nitrogens with zero attached hydrogens (tertiary/aromatic N) is 6. The van der Waals surface area contributed by atoms with Crippen LogP contribution in [-0.2, 0) is 25.7 Å². The molecule has 0 fully saturated rings. The molecule has 1 aromatic carbocycles. The number of primary amides is 1. The van der Waals surface area contributed by atoms with Gasteiger partial charge in [0.15, 0.2) is 6.10 Å². The molecule has 0 unspecified atom stereocenters. The van der Waals surface area contributed by atoms with Crippen LogP contribution in [0.25, 0.3) is 49.3 Å². The number of carbonyl (C=O) groups is 8. The van der Waals surface area contributed by atoms with Gasteiger partial charge in [0.05, 0.1) is 35.3 Å². The van der Waals surface area contributed by atoms with Crippen LogP contribution in [-0.4, -0.2) is 121 Å². The van der Waals surface area contributed by atoms with E-state index in [1.165, 1.54) is 46.7 Å². The number of nitrogens with two attached hydrogens (primary N) is 1. The van der Waals surface area contributed by atoms with E-state index in [-0.39, 0.29) is 98.6 Å². The third kappa shape index (κ3) is 11.9. The molecule has 2 aliphatic heterocycles. The van der Waals surface area contributed by atoms with E-state index >= 15 is 4.39 Å². The molecule has 5 atom stereocenters. The van der Waals surface area contributed by atoms with Crippen LogP contribution in [0.2, 0.25) is 0 Å². The number of allylic oxidation sites excluding steroid dienone is 1. The molecule has 25 nitrogen and oxygen atoms in total. The molecule has 8 aromatic rings. The van der Waals surface area contributed by atoms with Crippen LogP contribution in [0.15, 0.2) is 63.5 Å². The maximum Gasteiger partial charge on any atom is 0.335 e. The predicted molar refractivity (Wildman–Crippen MR) is 305 cm³/mol. The van der Waals surface area contributed by atoms with E-state index in [2.05, 4.69) is 58.1 Å². The number of ether oxygens (including phenoxy) is 1. The molecule has 10 rings (SSSR count). The highest BCUT2D eigenvalue weighted by molar-refractivity contribution is 8.14. The number of aliphatic hydroxyl groups is 2. The first-order valence-electron chi connectivity index (χ1n) is 24.4. The lowest BCUT2D eigenvalue weighted by Crippen LogP contribution is -2.52. The minimum absolute atomic E-state index is 0.0199. The van der Waals surface area contributed by atoms with Gasteiger partial charge in [-0.15, -0.1) is 56.7 Å². The SMILES string of the molecule is C=C(NC(=O)c1csc(-c2nc3c(cc2O)-c2nc(cs2)C(=O)N[C@@H]([C@@H](C)O)C(=O)N/C(=C\C)c2nc(cs2)C(=O)N[C@H]2C[C@H](O)C(=O)OCc4c(F)ccc5[nH]c(c(C)c45)C(=O)SC[C@H](NC(=O)c4csc2n4)c2nc-3cs2)n1)C(N)=O. The smallest absolute Gasteiger partial charge is 0.335 e. The van der Waals surface area contributed by atoms with Crippen molar-refractivity contribution < 1.29 is 62.8 Å². The van der Waals surface area contributed by atoms with E-state index in [9.17, 15) is 53.7 Å². The summed E-state index contributed by atoms with van der Waals surface area (Å²) in [5.74, 6) is -7.84. The molecule has 11 N–H and O–H groups in total. The fourth-order valence-corrected chi connectivity index (χ4v) is 13.6. The van der Waals surface area contributed by atoms with E-state index in [0.29, 0.717) is 11.1 Å². The predicted octanol–water partition coefficient (Wildman–Crippen LogP) is 5.02. The van der Waals surface area contributed by atoms with Gasteiger partial charge in [-0.3, -0.25) is 33.6 Å². The first-order valence-corrected chi connectivity index (χ1v) is 29.8. The summed E-state index contributed by atoms with van der Waals surface area (Å²) in [6.45, 7) is 7.18. The van der Waals surface area contributed by atoms with E-state index in [1.54, 1.807) is 19.2 Å². The number of amides is 6. The van der Waals surface area contributed by atoms with E-state index in [0.717, 1.165) is 74.5 Å². The Labute approximate surface area is 490 Å². The zero-order valence-corrected chi connectivity index (χ0v) is 47.9. The normalized spacial score (nSPS) is 19.1. The van der Waals surface area contributed by atoms with Crippen LogP contribution in [0.4, 0.5) is 4.39 Å². The van der Waals surface area contributed by atoms with Crippen molar-refractivity contribution in [2.24, 2.45) is 5.73 Å². The summed E-state index contributed by atoms with van der Waals surface area (Å²) in [6, 6.07) is -0.179. The number of benzene rings is 1. The summed E-state index contributed by atoms with van der Waals surface area (Å²) in [5, 5.41) is 54.1. The number of pyridine rings is 1. The number of aromatic nitrogens is 7. The molecular weight excluding hydrogens is 1200 g/mol. The minimum atomic E-state index is -1.97. The first-order chi connectivity index (χ1) is 39.6. The molecule has 0 saturated carbocycles. The number of hydrogen-bond donors (Lipinski definition) is 10. The standard InChI is InChI=1S/C51H42FN13O12S6/c1-5-23-46-61-28(13-80-46)41(71)57-25-9-33(68)50(75)77-10-21-22(52)6-7-24-34(21)17(2)35(55-24)51(76)83-16-31(58-42(72)29-14-81-47(25)62-29)48-59-26(11-79-48)37-20(45-60-30(12-78-45)43(73)65-36(19(4)66)44(74)56-23)8-32(67)38(64-37)49-63-27(15-82-49)40(70)54-18(3)39(53)69/h5-8,11-15,19,25,31,33,36,55,66-68H,3,9-10,16H2,1-2,4H3,(H2,53,69)(H,54,70)(H,56,74)(H,57,71)(H,58,72)(H,65,73)/b23-5-/t19-,25+,31+,33+,36+/m1/s1. The molecule has 7 aromatic heterocycles. The maximum atomic E-state index is 15.7. The summed E-state index contributed by atoms with van der Waals surface area (Å²) in [7, 11) is 0. The Morgan fingerprint density at radius 3 is 2.17 bits per heavy atom. The number of rotatable bonds is 5. The molecular formula is C51H42FN13O12S6. The van der Waals surface area contributed by atoms with Crippen LogP contribution in [0.1, 0.15) is 111 Å². The number of hydrogen-bond acceptors (Lipinski definition) is 24. The number of aromatic hydroxyl groups is 1. The number of esters is 1. The topological polar surface area (TPSA) is 386 Å². The first kappa shape index (κ1) is 57.7. The number of aryl methyl sites for hydroxylation is 1. The van der Waals surface area contributed by atoms with Crippen LogP contribution in [0.5, 0.6) is 5.75 Å². The van der Waals surface area contributed by atoms with Crippen LogP contribution in [0.3, 0.4) is 0 Å². The van der Waals surface area contributed by atoms with Gasteiger partial charge in [-0.05, 0) is 44.5 Å². The molecule has 83 heavy (non-hydrogen) atoms. The molecule has 12 bridgehead atoms. The van der Waals surface area contributed by atoms with Gasteiger partial charge in [0.25, 0.3) is 29.5 Å². The number of H-pyrrole nitrogens is 1. The average Bonchev–Trinajstić information content (AvgIpc) is 4.47. The molecule has 0 spiro atoms. The highest BCUT2D eigenvalue weighted by Crippen LogP contribution is 2.42. The van der Waals surface area contributed by atoms with Crippen molar-refractivity contribution in [3.63, 3.8) is 0 Å². The summed E-state index contributed by atoms with van der Waals surface area (Å²) in [5.41, 5.74) is 4.86. The second-order valence-corrected chi connectivity index (χ2v) is 23.6. The highest BCUT2D eigenvalue weighted by atomic mass is 32.2. The summed E-state index contributed by atoms with van der Waals surface area (Å²) in [4.78, 5) is 139. The van der Waals surface area contributed by atoms with Crippen molar-refractivity contribution in [3.05, 3.63) is 124 Å². The molecule has 0 saturated heterocycles. The van der Waals surface area contributed by atoms with E-state index in [4.69, 9.17) is 20.4 Å². The van der Waals surface area contributed by atoms with Crippen LogP contribution >= 0.6 is 68.4 Å². The third-order valence-corrected chi connectivity index (χ3v) is 18.2. The Bertz CT molecular complexity index is 4050.